The average molecular weight is 235 g/mol. The minimum Gasteiger partial charge on any atom is -0.465 e. The van der Waals surface area contributed by atoms with Gasteiger partial charge in [0.15, 0.2) is 0 Å². The van der Waals surface area contributed by atoms with E-state index in [9.17, 15) is 9.59 Å². The van der Waals surface area contributed by atoms with Crippen molar-refractivity contribution in [2.24, 2.45) is 0 Å². The SMILES string of the molecule is CN(C(=O)O)c1ccc(C2CCOC2=O)cc1. The van der Waals surface area contributed by atoms with Crippen molar-refractivity contribution in [1.82, 2.24) is 0 Å². The Balaban J connectivity index is 2.18. The second-order valence-corrected chi connectivity index (χ2v) is 3.94. The van der Waals surface area contributed by atoms with Crippen LogP contribution in [-0.2, 0) is 9.53 Å². The predicted octanol–water partition coefficient (Wildman–Crippen LogP) is 1.83. The van der Waals surface area contributed by atoms with Crippen molar-refractivity contribution in [1.29, 1.82) is 0 Å². The summed E-state index contributed by atoms with van der Waals surface area (Å²) in [5.41, 5.74) is 1.45. The van der Waals surface area contributed by atoms with Gasteiger partial charge in [-0.15, -0.1) is 0 Å². The van der Waals surface area contributed by atoms with Crippen molar-refractivity contribution in [2.75, 3.05) is 18.6 Å². The van der Waals surface area contributed by atoms with Gasteiger partial charge in [0.05, 0.1) is 12.5 Å². The number of rotatable bonds is 2. The van der Waals surface area contributed by atoms with Gasteiger partial charge in [0, 0.05) is 12.7 Å². The molecule has 0 radical (unpaired) electrons. The molecule has 1 saturated heterocycles. The number of carbonyl (C=O) groups is 2. The first-order valence-corrected chi connectivity index (χ1v) is 5.33. The number of hydrogen-bond acceptors (Lipinski definition) is 3. The van der Waals surface area contributed by atoms with Crippen LogP contribution in [0.4, 0.5) is 10.5 Å². The molecular formula is C12H13NO4. The highest BCUT2D eigenvalue weighted by Gasteiger charge is 2.27. The molecule has 0 aromatic heterocycles. The number of anilines is 1. The van der Waals surface area contributed by atoms with Crippen LogP contribution in [-0.4, -0.2) is 30.8 Å². The van der Waals surface area contributed by atoms with E-state index in [0.717, 1.165) is 10.5 Å². The third-order valence-corrected chi connectivity index (χ3v) is 2.91. The van der Waals surface area contributed by atoms with Crippen LogP contribution in [0.5, 0.6) is 0 Å². The normalized spacial score (nSPS) is 18.9. The number of benzene rings is 1. The molecule has 2 rings (SSSR count). The molecule has 0 saturated carbocycles. The average Bonchev–Trinajstić information content (AvgIpc) is 2.74. The standard InChI is InChI=1S/C12H13NO4/c1-13(12(15)16)9-4-2-8(3-5-9)10-6-7-17-11(10)14/h2-5,10H,6-7H2,1H3,(H,15,16). The van der Waals surface area contributed by atoms with Crippen LogP contribution in [0.25, 0.3) is 0 Å². The van der Waals surface area contributed by atoms with Gasteiger partial charge in [0.25, 0.3) is 0 Å². The van der Waals surface area contributed by atoms with E-state index < -0.39 is 6.09 Å². The van der Waals surface area contributed by atoms with E-state index in [4.69, 9.17) is 9.84 Å². The number of hydrogen-bond donors (Lipinski definition) is 1. The molecular weight excluding hydrogens is 222 g/mol. The Morgan fingerprint density at radius 3 is 2.53 bits per heavy atom. The number of carboxylic acid groups (broad SMARTS) is 1. The van der Waals surface area contributed by atoms with E-state index in [2.05, 4.69) is 0 Å². The predicted molar refractivity (Wildman–Crippen MR) is 61.2 cm³/mol. The van der Waals surface area contributed by atoms with Gasteiger partial charge in [0.2, 0.25) is 0 Å². The van der Waals surface area contributed by atoms with Gasteiger partial charge >= 0.3 is 12.1 Å². The monoisotopic (exact) mass is 235 g/mol. The van der Waals surface area contributed by atoms with Crippen LogP contribution in [0.1, 0.15) is 17.9 Å². The van der Waals surface area contributed by atoms with Gasteiger partial charge in [-0.25, -0.2) is 4.79 Å². The molecule has 5 nitrogen and oxygen atoms in total. The maximum Gasteiger partial charge on any atom is 0.411 e. The molecule has 1 aromatic carbocycles. The van der Waals surface area contributed by atoms with Gasteiger partial charge in [-0.3, -0.25) is 9.69 Å². The quantitative estimate of drug-likeness (QED) is 0.794. The molecule has 90 valence electrons. The van der Waals surface area contributed by atoms with E-state index >= 15 is 0 Å². The fourth-order valence-electron chi connectivity index (χ4n) is 1.84. The summed E-state index contributed by atoms with van der Waals surface area (Å²) in [6.45, 7) is 0.459. The zero-order valence-corrected chi connectivity index (χ0v) is 9.42. The first-order valence-electron chi connectivity index (χ1n) is 5.33. The highest BCUT2D eigenvalue weighted by atomic mass is 16.5. The molecule has 5 heteroatoms. The summed E-state index contributed by atoms with van der Waals surface area (Å²) in [7, 11) is 1.47. The lowest BCUT2D eigenvalue weighted by Crippen LogP contribution is -2.23. The van der Waals surface area contributed by atoms with Crippen molar-refractivity contribution in [3.05, 3.63) is 29.8 Å². The van der Waals surface area contributed by atoms with E-state index in [1.165, 1.54) is 7.05 Å². The molecule has 1 heterocycles. The molecule has 1 aliphatic rings. The Morgan fingerprint density at radius 1 is 1.41 bits per heavy atom. The molecule has 0 spiro atoms. The topological polar surface area (TPSA) is 66.8 Å². The first kappa shape index (κ1) is 11.4. The second kappa shape index (κ2) is 4.45. The molecule has 1 aromatic rings. The van der Waals surface area contributed by atoms with Crippen molar-refractivity contribution in [3.8, 4) is 0 Å². The Bertz CT molecular complexity index is 440. The number of esters is 1. The lowest BCUT2D eigenvalue weighted by Gasteiger charge is -2.14. The minimum atomic E-state index is -1.02. The third-order valence-electron chi connectivity index (χ3n) is 2.91. The zero-order chi connectivity index (χ0) is 12.4. The fourth-order valence-corrected chi connectivity index (χ4v) is 1.84. The van der Waals surface area contributed by atoms with Crippen molar-refractivity contribution >= 4 is 17.7 Å². The summed E-state index contributed by atoms with van der Waals surface area (Å²) in [4.78, 5) is 23.2. The third kappa shape index (κ3) is 2.22. The highest BCUT2D eigenvalue weighted by Crippen LogP contribution is 2.27. The molecule has 1 N–H and O–H groups in total. The second-order valence-electron chi connectivity index (χ2n) is 3.94. The molecule has 17 heavy (non-hydrogen) atoms. The maximum absolute atomic E-state index is 11.4. The van der Waals surface area contributed by atoms with Crippen molar-refractivity contribution in [2.45, 2.75) is 12.3 Å². The first-order chi connectivity index (χ1) is 8.09. The lowest BCUT2D eigenvalue weighted by atomic mass is 9.98. The van der Waals surface area contributed by atoms with Crippen LogP contribution in [0.2, 0.25) is 0 Å². The Morgan fingerprint density at radius 2 is 2.06 bits per heavy atom. The van der Waals surface area contributed by atoms with Crippen LogP contribution >= 0.6 is 0 Å². The molecule has 1 amide bonds. The molecule has 1 aliphatic heterocycles. The van der Waals surface area contributed by atoms with E-state index in [0.29, 0.717) is 18.7 Å². The van der Waals surface area contributed by atoms with Gasteiger partial charge in [0.1, 0.15) is 0 Å². The summed E-state index contributed by atoms with van der Waals surface area (Å²) in [6, 6.07) is 6.92. The summed E-state index contributed by atoms with van der Waals surface area (Å²) >= 11 is 0. The van der Waals surface area contributed by atoms with Gasteiger partial charge < -0.3 is 9.84 Å². The lowest BCUT2D eigenvalue weighted by molar-refractivity contribution is -0.139. The fraction of sp³-hybridized carbons (Fsp3) is 0.333. The number of ether oxygens (including phenoxy) is 1. The molecule has 0 bridgehead atoms. The molecule has 1 atom stereocenters. The smallest absolute Gasteiger partial charge is 0.411 e. The Labute approximate surface area is 98.6 Å². The summed E-state index contributed by atoms with van der Waals surface area (Å²) in [5.74, 6) is -0.413. The highest BCUT2D eigenvalue weighted by molar-refractivity contribution is 5.85. The van der Waals surface area contributed by atoms with Crippen molar-refractivity contribution in [3.63, 3.8) is 0 Å². The Kier molecular flexibility index (Phi) is 2.99. The number of cyclic esters (lactones) is 1. The van der Waals surface area contributed by atoms with Crippen LogP contribution in [0.15, 0.2) is 24.3 Å². The number of amides is 1. The van der Waals surface area contributed by atoms with Crippen LogP contribution in [0.3, 0.4) is 0 Å². The summed E-state index contributed by atoms with van der Waals surface area (Å²) < 4.78 is 4.89. The zero-order valence-electron chi connectivity index (χ0n) is 9.42. The minimum absolute atomic E-state index is 0.204. The number of nitrogens with zero attached hydrogens (tertiary/aromatic N) is 1. The number of carbonyl (C=O) groups excluding carboxylic acids is 1. The molecule has 1 fully saturated rings. The largest absolute Gasteiger partial charge is 0.465 e. The van der Waals surface area contributed by atoms with E-state index in [1.807, 2.05) is 0 Å². The molecule has 0 aliphatic carbocycles. The maximum atomic E-state index is 11.4. The van der Waals surface area contributed by atoms with Crippen LogP contribution in [0, 0.1) is 0 Å². The van der Waals surface area contributed by atoms with Crippen LogP contribution < -0.4 is 4.90 Å². The summed E-state index contributed by atoms with van der Waals surface area (Å²) in [6.07, 6.45) is -0.328. The van der Waals surface area contributed by atoms with Gasteiger partial charge in [-0.2, -0.15) is 0 Å². The van der Waals surface area contributed by atoms with E-state index in [-0.39, 0.29) is 11.9 Å². The van der Waals surface area contributed by atoms with E-state index in [1.54, 1.807) is 24.3 Å². The summed E-state index contributed by atoms with van der Waals surface area (Å²) in [5, 5.41) is 8.81. The Hall–Kier alpha value is -2.04. The molecule has 1 unspecified atom stereocenters. The van der Waals surface area contributed by atoms with Gasteiger partial charge in [-0.05, 0) is 24.1 Å². The van der Waals surface area contributed by atoms with Crippen molar-refractivity contribution < 1.29 is 19.4 Å². The van der Waals surface area contributed by atoms with Gasteiger partial charge in [-0.1, -0.05) is 12.1 Å².